The van der Waals surface area contributed by atoms with Crippen LogP contribution in [-0.2, 0) is 0 Å². The van der Waals surface area contributed by atoms with Crippen molar-refractivity contribution in [3.8, 4) is 28.5 Å². The summed E-state index contributed by atoms with van der Waals surface area (Å²) in [5.41, 5.74) is 4.89. The average Bonchev–Trinajstić information content (AvgIpc) is 2.61. The van der Waals surface area contributed by atoms with Gasteiger partial charge in [-0.25, -0.2) is 4.79 Å². The maximum atomic E-state index is 11.1. The minimum absolute atomic E-state index is 0.168. The SMILES string of the molecule is Cc1cccc(-c2ccc(-c3cc(C(=O)O)ccn3)cc2C#N)c1. The quantitative estimate of drug-likeness (QED) is 0.782. The van der Waals surface area contributed by atoms with Gasteiger partial charge in [0.15, 0.2) is 0 Å². The Kier molecular flexibility index (Phi) is 4.09. The first-order chi connectivity index (χ1) is 11.6. The molecule has 0 fully saturated rings. The van der Waals surface area contributed by atoms with Gasteiger partial charge in [-0.3, -0.25) is 4.98 Å². The molecule has 0 unspecified atom stereocenters. The van der Waals surface area contributed by atoms with Gasteiger partial charge in [0.2, 0.25) is 0 Å². The van der Waals surface area contributed by atoms with Crippen molar-refractivity contribution in [1.82, 2.24) is 4.98 Å². The second kappa shape index (κ2) is 6.35. The second-order valence-corrected chi connectivity index (χ2v) is 5.48. The van der Waals surface area contributed by atoms with Crippen LogP contribution < -0.4 is 0 Å². The Hall–Kier alpha value is -3.45. The van der Waals surface area contributed by atoms with Gasteiger partial charge < -0.3 is 5.11 Å². The van der Waals surface area contributed by atoms with Gasteiger partial charge in [-0.15, -0.1) is 0 Å². The van der Waals surface area contributed by atoms with Crippen LogP contribution >= 0.6 is 0 Å². The molecule has 3 rings (SSSR count). The number of aryl methyl sites for hydroxylation is 1. The van der Waals surface area contributed by atoms with Gasteiger partial charge in [-0.1, -0.05) is 42.0 Å². The highest BCUT2D eigenvalue weighted by molar-refractivity contribution is 5.89. The Balaban J connectivity index is 2.09. The number of hydrogen-bond donors (Lipinski definition) is 1. The van der Waals surface area contributed by atoms with Gasteiger partial charge in [0.1, 0.15) is 0 Å². The number of rotatable bonds is 3. The van der Waals surface area contributed by atoms with E-state index in [4.69, 9.17) is 5.11 Å². The normalized spacial score (nSPS) is 10.2. The summed E-state index contributed by atoms with van der Waals surface area (Å²) < 4.78 is 0. The molecule has 4 heteroatoms. The van der Waals surface area contributed by atoms with E-state index in [9.17, 15) is 10.1 Å². The molecule has 0 amide bonds. The molecule has 2 aromatic carbocycles. The Morgan fingerprint density at radius 1 is 1.08 bits per heavy atom. The fourth-order valence-corrected chi connectivity index (χ4v) is 2.58. The molecule has 24 heavy (non-hydrogen) atoms. The lowest BCUT2D eigenvalue weighted by atomic mass is 9.96. The van der Waals surface area contributed by atoms with Crippen LogP contribution in [0.5, 0.6) is 0 Å². The smallest absolute Gasteiger partial charge is 0.335 e. The van der Waals surface area contributed by atoms with E-state index in [1.165, 1.54) is 18.3 Å². The predicted molar refractivity (Wildman–Crippen MR) is 91.5 cm³/mol. The summed E-state index contributed by atoms with van der Waals surface area (Å²) in [5, 5.41) is 18.6. The summed E-state index contributed by atoms with van der Waals surface area (Å²) in [7, 11) is 0. The number of aromatic carboxylic acids is 1. The first kappa shape index (κ1) is 15.4. The molecule has 1 aromatic heterocycles. The number of carbonyl (C=O) groups is 1. The fraction of sp³-hybridized carbons (Fsp3) is 0.0500. The molecule has 0 saturated carbocycles. The highest BCUT2D eigenvalue weighted by atomic mass is 16.4. The van der Waals surface area contributed by atoms with Gasteiger partial charge in [0, 0.05) is 11.8 Å². The van der Waals surface area contributed by atoms with Gasteiger partial charge in [0.25, 0.3) is 0 Å². The zero-order valence-electron chi connectivity index (χ0n) is 13.0. The topological polar surface area (TPSA) is 74.0 Å². The number of benzene rings is 2. The monoisotopic (exact) mass is 314 g/mol. The predicted octanol–water partition coefficient (Wildman–Crippen LogP) is 4.29. The molecule has 0 bridgehead atoms. The summed E-state index contributed by atoms with van der Waals surface area (Å²) in [5.74, 6) is -1.00. The molecule has 0 saturated heterocycles. The Morgan fingerprint density at radius 2 is 1.92 bits per heavy atom. The van der Waals surface area contributed by atoms with E-state index < -0.39 is 5.97 Å². The molecule has 1 N–H and O–H groups in total. The van der Waals surface area contributed by atoms with Gasteiger partial charge in [-0.2, -0.15) is 5.26 Å². The van der Waals surface area contributed by atoms with Crippen molar-refractivity contribution >= 4 is 5.97 Å². The lowest BCUT2D eigenvalue weighted by Crippen LogP contribution is -1.97. The van der Waals surface area contributed by atoms with Crippen molar-refractivity contribution < 1.29 is 9.90 Å². The van der Waals surface area contributed by atoms with Crippen molar-refractivity contribution in [1.29, 1.82) is 5.26 Å². The van der Waals surface area contributed by atoms with E-state index in [-0.39, 0.29) is 5.56 Å². The number of carboxylic acids is 1. The molecular formula is C20H14N2O2. The summed E-state index contributed by atoms with van der Waals surface area (Å²) in [6.07, 6.45) is 1.46. The highest BCUT2D eigenvalue weighted by Crippen LogP contribution is 2.28. The first-order valence-corrected chi connectivity index (χ1v) is 7.39. The van der Waals surface area contributed by atoms with Gasteiger partial charge in [0.05, 0.1) is 22.9 Å². The molecule has 0 radical (unpaired) electrons. The minimum Gasteiger partial charge on any atom is -0.478 e. The van der Waals surface area contributed by atoms with Crippen LogP contribution in [-0.4, -0.2) is 16.1 Å². The van der Waals surface area contributed by atoms with Crippen molar-refractivity contribution in [2.75, 3.05) is 0 Å². The van der Waals surface area contributed by atoms with E-state index >= 15 is 0 Å². The Morgan fingerprint density at radius 3 is 2.62 bits per heavy atom. The van der Waals surface area contributed by atoms with E-state index in [2.05, 4.69) is 11.1 Å². The van der Waals surface area contributed by atoms with Gasteiger partial charge >= 0.3 is 5.97 Å². The third kappa shape index (κ3) is 3.01. The van der Waals surface area contributed by atoms with E-state index in [0.29, 0.717) is 16.8 Å². The van der Waals surface area contributed by atoms with Crippen LogP contribution in [0.3, 0.4) is 0 Å². The van der Waals surface area contributed by atoms with Crippen LogP contribution in [0.4, 0.5) is 0 Å². The largest absolute Gasteiger partial charge is 0.478 e. The molecule has 0 aliphatic carbocycles. The molecule has 1 heterocycles. The van der Waals surface area contributed by atoms with Crippen LogP contribution in [0.1, 0.15) is 21.5 Å². The van der Waals surface area contributed by atoms with Crippen molar-refractivity contribution in [3.05, 3.63) is 77.5 Å². The summed E-state index contributed by atoms with van der Waals surface area (Å²) in [4.78, 5) is 15.3. The number of nitriles is 1. The Bertz CT molecular complexity index is 971. The van der Waals surface area contributed by atoms with Crippen LogP contribution in [0.2, 0.25) is 0 Å². The maximum absolute atomic E-state index is 11.1. The van der Waals surface area contributed by atoms with Crippen molar-refractivity contribution in [3.63, 3.8) is 0 Å². The molecule has 3 aromatic rings. The summed E-state index contributed by atoms with van der Waals surface area (Å²) >= 11 is 0. The number of nitrogens with zero attached hydrogens (tertiary/aromatic N) is 2. The van der Waals surface area contributed by atoms with E-state index in [1.54, 1.807) is 6.07 Å². The first-order valence-electron chi connectivity index (χ1n) is 7.39. The average molecular weight is 314 g/mol. The lowest BCUT2D eigenvalue weighted by molar-refractivity contribution is 0.0697. The number of hydrogen-bond acceptors (Lipinski definition) is 3. The Labute approximate surface area is 139 Å². The highest BCUT2D eigenvalue weighted by Gasteiger charge is 2.10. The molecule has 116 valence electrons. The van der Waals surface area contributed by atoms with Crippen LogP contribution in [0.15, 0.2) is 60.8 Å². The van der Waals surface area contributed by atoms with Crippen molar-refractivity contribution in [2.45, 2.75) is 6.92 Å². The second-order valence-electron chi connectivity index (χ2n) is 5.48. The fourth-order valence-electron chi connectivity index (χ4n) is 2.58. The molecule has 0 aliphatic rings. The molecule has 4 nitrogen and oxygen atoms in total. The molecule has 0 atom stereocenters. The zero-order valence-corrected chi connectivity index (χ0v) is 13.0. The van der Waals surface area contributed by atoms with E-state index in [1.807, 2.05) is 43.3 Å². The lowest BCUT2D eigenvalue weighted by Gasteiger charge is -2.08. The molecular weight excluding hydrogens is 300 g/mol. The number of carboxylic acid groups (broad SMARTS) is 1. The van der Waals surface area contributed by atoms with Crippen LogP contribution in [0.25, 0.3) is 22.4 Å². The maximum Gasteiger partial charge on any atom is 0.335 e. The summed E-state index contributed by atoms with van der Waals surface area (Å²) in [6, 6.07) is 18.6. The third-order valence-electron chi connectivity index (χ3n) is 3.77. The van der Waals surface area contributed by atoms with Crippen molar-refractivity contribution in [2.24, 2.45) is 0 Å². The van der Waals surface area contributed by atoms with E-state index in [0.717, 1.165) is 16.7 Å². The standard InChI is InChI=1S/C20H14N2O2/c1-13-3-2-4-14(9-13)18-6-5-15(10-17(18)12-21)19-11-16(20(23)24)7-8-22-19/h2-11H,1H3,(H,23,24). The van der Waals surface area contributed by atoms with Crippen LogP contribution in [0, 0.1) is 18.3 Å². The minimum atomic E-state index is -1.00. The van der Waals surface area contributed by atoms with Gasteiger partial charge in [-0.05, 0) is 36.2 Å². The molecule has 0 aliphatic heterocycles. The third-order valence-corrected chi connectivity index (χ3v) is 3.77. The summed E-state index contributed by atoms with van der Waals surface area (Å²) in [6.45, 7) is 2.01. The molecule has 0 spiro atoms. The number of aromatic nitrogens is 1. The number of pyridine rings is 1. The zero-order chi connectivity index (χ0) is 17.1.